The van der Waals surface area contributed by atoms with Crippen molar-refractivity contribution in [2.75, 3.05) is 0 Å². The SMILES string of the molecule is CC(C)(C)CCCc1ccc2cc3ccccc3cc2c1. The number of rotatable bonds is 3. The Balaban J connectivity index is 1.87. The van der Waals surface area contributed by atoms with Crippen molar-refractivity contribution in [1.29, 1.82) is 0 Å². The first-order valence-electron chi connectivity index (χ1n) is 7.93. The summed E-state index contributed by atoms with van der Waals surface area (Å²) in [4.78, 5) is 0. The van der Waals surface area contributed by atoms with Crippen LogP contribution in [0, 0.1) is 5.41 Å². The summed E-state index contributed by atoms with van der Waals surface area (Å²) in [5, 5.41) is 5.36. The quantitative estimate of drug-likeness (QED) is 0.488. The average molecular weight is 276 g/mol. The first-order chi connectivity index (χ1) is 10.0. The highest BCUT2D eigenvalue weighted by molar-refractivity contribution is 5.98. The molecule has 0 aromatic heterocycles. The highest BCUT2D eigenvalue weighted by Crippen LogP contribution is 2.26. The molecule has 0 N–H and O–H groups in total. The van der Waals surface area contributed by atoms with Gasteiger partial charge in [0, 0.05) is 0 Å². The van der Waals surface area contributed by atoms with Crippen LogP contribution in [0.2, 0.25) is 0 Å². The smallest absolute Gasteiger partial charge is 0.0175 e. The molecule has 0 amide bonds. The third-order valence-electron chi connectivity index (χ3n) is 4.16. The maximum absolute atomic E-state index is 2.37. The highest BCUT2D eigenvalue weighted by Gasteiger charge is 2.09. The molecular weight excluding hydrogens is 252 g/mol. The highest BCUT2D eigenvalue weighted by atomic mass is 14.1. The Morgan fingerprint density at radius 1 is 0.714 bits per heavy atom. The number of hydrogen-bond acceptors (Lipinski definition) is 0. The first-order valence-corrected chi connectivity index (χ1v) is 7.93. The summed E-state index contributed by atoms with van der Waals surface area (Å²) in [6.45, 7) is 6.96. The maximum atomic E-state index is 2.37. The Bertz CT molecular complexity index is 760. The summed E-state index contributed by atoms with van der Waals surface area (Å²) in [5.41, 5.74) is 1.90. The molecule has 0 nitrogen and oxygen atoms in total. The summed E-state index contributed by atoms with van der Waals surface area (Å²) in [6.07, 6.45) is 3.73. The van der Waals surface area contributed by atoms with E-state index in [1.165, 1.54) is 46.4 Å². The van der Waals surface area contributed by atoms with Crippen molar-refractivity contribution in [1.82, 2.24) is 0 Å². The molecule has 0 fully saturated rings. The van der Waals surface area contributed by atoms with Crippen molar-refractivity contribution >= 4 is 21.5 Å². The molecule has 0 radical (unpaired) electrons. The Kier molecular flexibility index (Phi) is 3.71. The van der Waals surface area contributed by atoms with Crippen LogP contribution in [0.15, 0.2) is 54.6 Å². The molecular formula is C21H24. The van der Waals surface area contributed by atoms with E-state index < -0.39 is 0 Å². The second-order valence-corrected chi connectivity index (χ2v) is 7.30. The lowest BCUT2D eigenvalue weighted by Gasteiger charge is -2.17. The molecule has 0 heterocycles. The lowest BCUT2D eigenvalue weighted by atomic mass is 9.89. The van der Waals surface area contributed by atoms with Crippen LogP contribution in [0.25, 0.3) is 21.5 Å². The van der Waals surface area contributed by atoms with E-state index in [2.05, 4.69) is 75.4 Å². The van der Waals surface area contributed by atoms with Gasteiger partial charge in [-0.15, -0.1) is 0 Å². The standard InChI is InChI=1S/C21H24/c1-21(2,3)12-6-7-16-10-11-19-14-17-8-4-5-9-18(17)15-20(19)13-16/h4-5,8-11,13-15H,6-7,12H2,1-3H3. The third-order valence-corrected chi connectivity index (χ3v) is 4.16. The molecule has 0 unspecified atom stereocenters. The second-order valence-electron chi connectivity index (χ2n) is 7.30. The van der Waals surface area contributed by atoms with E-state index in [4.69, 9.17) is 0 Å². The van der Waals surface area contributed by atoms with Gasteiger partial charge in [0.05, 0.1) is 0 Å². The maximum Gasteiger partial charge on any atom is -0.0175 e. The fourth-order valence-corrected chi connectivity index (χ4v) is 2.97. The number of benzene rings is 3. The van der Waals surface area contributed by atoms with Gasteiger partial charge in [-0.3, -0.25) is 0 Å². The minimum absolute atomic E-state index is 0.438. The number of hydrogen-bond donors (Lipinski definition) is 0. The predicted octanol–water partition coefficient (Wildman–Crippen LogP) is 6.36. The number of fused-ring (bicyclic) bond motifs is 2. The third kappa shape index (κ3) is 3.44. The van der Waals surface area contributed by atoms with Crippen molar-refractivity contribution in [3.63, 3.8) is 0 Å². The van der Waals surface area contributed by atoms with Crippen LogP contribution in [-0.2, 0) is 6.42 Å². The van der Waals surface area contributed by atoms with E-state index in [-0.39, 0.29) is 0 Å². The van der Waals surface area contributed by atoms with Crippen LogP contribution in [0.3, 0.4) is 0 Å². The molecule has 3 aromatic rings. The lowest BCUT2D eigenvalue weighted by Crippen LogP contribution is -2.04. The zero-order valence-corrected chi connectivity index (χ0v) is 13.3. The summed E-state index contributed by atoms with van der Waals surface area (Å²) in [6, 6.07) is 20.1. The van der Waals surface area contributed by atoms with Gasteiger partial charge in [-0.2, -0.15) is 0 Å². The van der Waals surface area contributed by atoms with Gasteiger partial charge in [-0.05, 0) is 63.9 Å². The molecule has 3 aromatic carbocycles. The Hall–Kier alpha value is -1.82. The van der Waals surface area contributed by atoms with Crippen molar-refractivity contribution in [3.05, 3.63) is 60.2 Å². The molecule has 0 saturated heterocycles. The normalized spacial score (nSPS) is 12.1. The molecule has 0 atom stereocenters. The fraction of sp³-hybridized carbons (Fsp3) is 0.333. The summed E-state index contributed by atoms with van der Waals surface area (Å²) >= 11 is 0. The topological polar surface area (TPSA) is 0 Å². The zero-order chi connectivity index (χ0) is 14.9. The van der Waals surface area contributed by atoms with Crippen LogP contribution < -0.4 is 0 Å². The summed E-state index contributed by atoms with van der Waals surface area (Å²) in [5.74, 6) is 0. The van der Waals surface area contributed by atoms with Crippen LogP contribution in [0.1, 0.15) is 39.2 Å². The Morgan fingerprint density at radius 3 is 2.00 bits per heavy atom. The minimum Gasteiger partial charge on any atom is -0.0616 e. The molecule has 108 valence electrons. The molecule has 0 heteroatoms. The lowest BCUT2D eigenvalue weighted by molar-refractivity contribution is 0.365. The van der Waals surface area contributed by atoms with Gasteiger partial charge in [-0.25, -0.2) is 0 Å². The van der Waals surface area contributed by atoms with Crippen molar-refractivity contribution < 1.29 is 0 Å². The molecule has 0 aliphatic carbocycles. The Labute approximate surface area is 127 Å². The molecule has 21 heavy (non-hydrogen) atoms. The molecule has 0 aliphatic heterocycles. The van der Waals surface area contributed by atoms with Crippen molar-refractivity contribution in [2.24, 2.45) is 5.41 Å². The van der Waals surface area contributed by atoms with Gasteiger partial charge in [0.25, 0.3) is 0 Å². The summed E-state index contributed by atoms with van der Waals surface area (Å²) < 4.78 is 0. The van der Waals surface area contributed by atoms with E-state index in [9.17, 15) is 0 Å². The van der Waals surface area contributed by atoms with Gasteiger partial charge in [0.15, 0.2) is 0 Å². The van der Waals surface area contributed by atoms with Gasteiger partial charge >= 0.3 is 0 Å². The van der Waals surface area contributed by atoms with Crippen LogP contribution >= 0.6 is 0 Å². The molecule has 0 bridgehead atoms. The molecule has 0 saturated carbocycles. The minimum atomic E-state index is 0.438. The largest absolute Gasteiger partial charge is 0.0616 e. The monoisotopic (exact) mass is 276 g/mol. The fourth-order valence-electron chi connectivity index (χ4n) is 2.97. The van der Waals surface area contributed by atoms with Crippen molar-refractivity contribution in [2.45, 2.75) is 40.0 Å². The average Bonchev–Trinajstić information content (AvgIpc) is 2.43. The van der Waals surface area contributed by atoms with E-state index in [1.54, 1.807) is 0 Å². The molecule has 0 spiro atoms. The molecule has 3 rings (SSSR count). The molecule has 0 aliphatic rings. The van der Waals surface area contributed by atoms with Crippen LogP contribution in [0.4, 0.5) is 0 Å². The zero-order valence-electron chi connectivity index (χ0n) is 13.3. The van der Waals surface area contributed by atoms with E-state index in [1.807, 2.05) is 0 Å². The van der Waals surface area contributed by atoms with E-state index in [0.717, 1.165) is 0 Å². The van der Waals surface area contributed by atoms with Gasteiger partial charge < -0.3 is 0 Å². The van der Waals surface area contributed by atoms with Crippen molar-refractivity contribution in [3.8, 4) is 0 Å². The second kappa shape index (κ2) is 5.52. The van der Waals surface area contributed by atoms with Gasteiger partial charge in [0.1, 0.15) is 0 Å². The van der Waals surface area contributed by atoms with E-state index in [0.29, 0.717) is 5.41 Å². The van der Waals surface area contributed by atoms with Gasteiger partial charge in [0.2, 0.25) is 0 Å². The number of aryl methyl sites for hydroxylation is 1. The van der Waals surface area contributed by atoms with Gasteiger partial charge in [-0.1, -0.05) is 63.2 Å². The van der Waals surface area contributed by atoms with Crippen LogP contribution in [0.5, 0.6) is 0 Å². The Morgan fingerprint density at radius 2 is 1.33 bits per heavy atom. The summed E-state index contributed by atoms with van der Waals surface area (Å²) in [7, 11) is 0. The first kappa shape index (κ1) is 14.1. The van der Waals surface area contributed by atoms with Crippen LogP contribution in [-0.4, -0.2) is 0 Å². The predicted molar refractivity (Wildman–Crippen MR) is 93.8 cm³/mol. The van der Waals surface area contributed by atoms with E-state index >= 15 is 0 Å².